The van der Waals surface area contributed by atoms with Crippen molar-refractivity contribution in [3.05, 3.63) is 29.8 Å². The van der Waals surface area contributed by atoms with Crippen molar-refractivity contribution in [2.24, 2.45) is 0 Å². The van der Waals surface area contributed by atoms with Crippen molar-refractivity contribution in [1.82, 2.24) is 5.32 Å². The van der Waals surface area contributed by atoms with Gasteiger partial charge in [0.15, 0.2) is 0 Å². The van der Waals surface area contributed by atoms with Crippen LogP contribution in [0.3, 0.4) is 0 Å². The molecule has 2 N–H and O–H groups in total. The van der Waals surface area contributed by atoms with Crippen LogP contribution < -0.4 is 10.1 Å². The molecule has 1 fully saturated rings. The Morgan fingerprint density at radius 2 is 2.05 bits per heavy atom. The summed E-state index contributed by atoms with van der Waals surface area (Å²) in [6, 6.07) is 7.74. The molecule has 0 aromatic heterocycles. The van der Waals surface area contributed by atoms with Crippen molar-refractivity contribution in [2.75, 3.05) is 13.7 Å². The second-order valence-corrected chi connectivity index (χ2v) is 4.83. The van der Waals surface area contributed by atoms with Crippen molar-refractivity contribution >= 4 is 11.9 Å². The normalized spacial score (nSPS) is 15.6. The van der Waals surface area contributed by atoms with Crippen molar-refractivity contribution in [3.8, 4) is 5.75 Å². The first kappa shape index (κ1) is 13.4. The molecule has 5 nitrogen and oxygen atoms in total. The fourth-order valence-corrected chi connectivity index (χ4v) is 2.24. The molecule has 1 aliphatic rings. The number of carboxylic acid groups (broad SMARTS) is 1. The van der Waals surface area contributed by atoms with Gasteiger partial charge in [-0.1, -0.05) is 18.2 Å². The molecular formula is C14H17NO4. The highest BCUT2D eigenvalue weighted by atomic mass is 16.5. The Bertz CT molecular complexity index is 494. The van der Waals surface area contributed by atoms with Gasteiger partial charge in [0.1, 0.15) is 12.2 Å². The first-order valence-corrected chi connectivity index (χ1v) is 6.19. The van der Waals surface area contributed by atoms with E-state index in [4.69, 9.17) is 9.84 Å². The Kier molecular flexibility index (Phi) is 3.74. The SMILES string of the molecule is COc1ccccc1C1(CNC(=O)CC(=O)O)CC1. The zero-order valence-corrected chi connectivity index (χ0v) is 10.8. The molecule has 0 radical (unpaired) electrons. The molecule has 2 rings (SSSR count). The standard InChI is InChI=1S/C14H17NO4/c1-19-11-5-3-2-4-10(11)14(6-7-14)9-15-12(16)8-13(17)18/h2-5H,6-9H2,1H3,(H,15,16)(H,17,18). The molecule has 1 saturated carbocycles. The minimum absolute atomic E-state index is 0.0965. The van der Waals surface area contributed by atoms with Crippen molar-refractivity contribution < 1.29 is 19.4 Å². The monoisotopic (exact) mass is 263 g/mol. The largest absolute Gasteiger partial charge is 0.496 e. The van der Waals surface area contributed by atoms with Crippen molar-refractivity contribution in [1.29, 1.82) is 0 Å². The number of methoxy groups -OCH3 is 1. The molecule has 5 heteroatoms. The van der Waals surface area contributed by atoms with Gasteiger partial charge < -0.3 is 15.2 Å². The van der Waals surface area contributed by atoms with Gasteiger partial charge in [-0.15, -0.1) is 0 Å². The van der Waals surface area contributed by atoms with Crippen LogP contribution in [0.1, 0.15) is 24.8 Å². The minimum atomic E-state index is -1.11. The van der Waals surface area contributed by atoms with Crippen LogP contribution in [0, 0.1) is 0 Å². The lowest BCUT2D eigenvalue weighted by molar-refractivity contribution is -0.140. The van der Waals surface area contributed by atoms with Crippen molar-refractivity contribution in [3.63, 3.8) is 0 Å². The zero-order chi connectivity index (χ0) is 13.9. The third-order valence-corrected chi connectivity index (χ3v) is 3.47. The van der Waals surface area contributed by atoms with Crippen LogP contribution in [0.15, 0.2) is 24.3 Å². The number of ether oxygens (including phenoxy) is 1. The van der Waals surface area contributed by atoms with Gasteiger partial charge in [0.2, 0.25) is 5.91 Å². The molecular weight excluding hydrogens is 246 g/mol. The minimum Gasteiger partial charge on any atom is -0.496 e. The topological polar surface area (TPSA) is 75.6 Å². The number of hydrogen-bond acceptors (Lipinski definition) is 3. The van der Waals surface area contributed by atoms with E-state index in [1.165, 1.54) is 0 Å². The number of amides is 1. The van der Waals surface area contributed by atoms with Gasteiger partial charge in [-0.05, 0) is 18.9 Å². The Morgan fingerprint density at radius 1 is 1.37 bits per heavy atom. The lowest BCUT2D eigenvalue weighted by Gasteiger charge is -2.19. The number of carbonyl (C=O) groups is 2. The van der Waals surface area contributed by atoms with Crippen LogP contribution in [0.4, 0.5) is 0 Å². The second-order valence-electron chi connectivity index (χ2n) is 4.83. The molecule has 1 aliphatic carbocycles. The molecule has 0 bridgehead atoms. The maximum Gasteiger partial charge on any atom is 0.312 e. The third kappa shape index (κ3) is 3.05. The molecule has 0 aliphatic heterocycles. The van der Waals surface area contributed by atoms with E-state index < -0.39 is 18.3 Å². The number of rotatable bonds is 6. The van der Waals surface area contributed by atoms with E-state index >= 15 is 0 Å². The first-order valence-electron chi connectivity index (χ1n) is 6.19. The van der Waals surface area contributed by atoms with E-state index in [1.807, 2.05) is 24.3 Å². The Labute approximate surface area is 111 Å². The van der Waals surface area contributed by atoms with E-state index in [1.54, 1.807) is 7.11 Å². The Balaban J connectivity index is 2.03. The molecule has 0 saturated heterocycles. The average Bonchev–Trinajstić information content (AvgIpc) is 3.17. The molecule has 0 atom stereocenters. The molecule has 102 valence electrons. The highest BCUT2D eigenvalue weighted by molar-refractivity contribution is 5.93. The fraction of sp³-hybridized carbons (Fsp3) is 0.429. The van der Waals surface area contributed by atoms with E-state index in [2.05, 4.69) is 5.32 Å². The molecule has 1 aromatic rings. The van der Waals surface area contributed by atoms with Gasteiger partial charge in [-0.25, -0.2) is 0 Å². The number of aliphatic carboxylic acids is 1. The van der Waals surface area contributed by atoms with E-state index in [0.29, 0.717) is 6.54 Å². The summed E-state index contributed by atoms with van der Waals surface area (Å²) in [5.41, 5.74) is 0.981. The van der Waals surface area contributed by atoms with Gasteiger partial charge >= 0.3 is 5.97 Å². The lowest BCUT2D eigenvalue weighted by Crippen LogP contribution is -2.33. The molecule has 0 spiro atoms. The summed E-state index contributed by atoms with van der Waals surface area (Å²) < 4.78 is 5.34. The second kappa shape index (κ2) is 5.30. The zero-order valence-electron chi connectivity index (χ0n) is 10.8. The highest BCUT2D eigenvalue weighted by Gasteiger charge is 2.46. The number of carbonyl (C=O) groups excluding carboxylic acids is 1. The number of hydrogen-bond donors (Lipinski definition) is 2. The smallest absolute Gasteiger partial charge is 0.312 e. The summed E-state index contributed by atoms with van der Waals surface area (Å²) in [4.78, 5) is 21.8. The summed E-state index contributed by atoms with van der Waals surface area (Å²) in [6.07, 6.45) is 1.46. The third-order valence-electron chi connectivity index (χ3n) is 3.47. The van der Waals surface area contributed by atoms with Gasteiger partial charge in [0.25, 0.3) is 0 Å². The van der Waals surface area contributed by atoms with Crippen LogP contribution in [0.25, 0.3) is 0 Å². The summed E-state index contributed by atoms with van der Waals surface area (Å²) in [6.45, 7) is 0.458. The fourth-order valence-electron chi connectivity index (χ4n) is 2.24. The van der Waals surface area contributed by atoms with Crippen LogP contribution in [-0.4, -0.2) is 30.6 Å². The number of nitrogens with one attached hydrogen (secondary N) is 1. The van der Waals surface area contributed by atoms with Crippen LogP contribution in [-0.2, 0) is 15.0 Å². The maximum atomic E-state index is 11.4. The number of para-hydroxylation sites is 1. The predicted octanol–water partition coefficient (Wildman–Crippen LogP) is 1.32. The van der Waals surface area contributed by atoms with Crippen molar-refractivity contribution in [2.45, 2.75) is 24.7 Å². The van der Waals surface area contributed by atoms with E-state index in [9.17, 15) is 9.59 Å². The van der Waals surface area contributed by atoms with Crippen LogP contribution >= 0.6 is 0 Å². The molecule has 1 amide bonds. The van der Waals surface area contributed by atoms with Crippen LogP contribution in [0.5, 0.6) is 5.75 Å². The predicted molar refractivity (Wildman–Crippen MR) is 69.2 cm³/mol. The maximum absolute atomic E-state index is 11.4. The molecule has 19 heavy (non-hydrogen) atoms. The number of carboxylic acids is 1. The Hall–Kier alpha value is -2.04. The molecule has 1 aromatic carbocycles. The summed E-state index contributed by atoms with van der Waals surface area (Å²) in [5, 5.41) is 11.2. The molecule has 0 heterocycles. The van der Waals surface area contributed by atoms with Gasteiger partial charge in [-0.2, -0.15) is 0 Å². The molecule has 0 unspecified atom stereocenters. The van der Waals surface area contributed by atoms with Gasteiger partial charge in [0, 0.05) is 17.5 Å². The Morgan fingerprint density at radius 3 is 2.63 bits per heavy atom. The van der Waals surface area contributed by atoms with Gasteiger partial charge in [0.05, 0.1) is 7.11 Å². The van der Waals surface area contributed by atoms with E-state index in [-0.39, 0.29) is 5.41 Å². The first-order chi connectivity index (χ1) is 9.07. The van der Waals surface area contributed by atoms with E-state index in [0.717, 1.165) is 24.2 Å². The van der Waals surface area contributed by atoms with Crippen LogP contribution in [0.2, 0.25) is 0 Å². The van der Waals surface area contributed by atoms with Gasteiger partial charge in [-0.3, -0.25) is 9.59 Å². The lowest BCUT2D eigenvalue weighted by atomic mass is 9.95. The summed E-state index contributed by atoms with van der Waals surface area (Å²) in [5.74, 6) is -0.749. The summed E-state index contributed by atoms with van der Waals surface area (Å²) in [7, 11) is 1.62. The average molecular weight is 263 g/mol. The number of benzene rings is 1. The summed E-state index contributed by atoms with van der Waals surface area (Å²) >= 11 is 0. The quantitative estimate of drug-likeness (QED) is 0.759. The highest BCUT2D eigenvalue weighted by Crippen LogP contribution is 2.50.